The number of piperidine rings is 1. The quantitative estimate of drug-likeness (QED) is 0.336. The predicted molar refractivity (Wildman–Crippen MR) is 148 cm³/mol. The van der Waals surface area contributed by atoms with Gasteiger partial charge in [-0.25, -0.2) is 0 Å². The number of aromatic hydroxyl groups is 2. The summed E-state index contributed by atoms with van der Waals surface area (Å²) < 4.78 is 12.8. The number of hydrogen-bond donors (Lipinski definition) is 3. The van der Waals surface area contributed by atoms with Crippen LogP contribution in [0.5, 0.6) is 23.0 Å². The summed E-state index contributed by atoms with van der Waals surface area (Å²) in [6.07, 6.45) is 8.42. The number of rotatable bonds is 7. The molecule has 8 nitrogen and oxygen atoms in total. The topological polar surface area (TPSA) is 108 Å². The maximum atomic E-state index is 13.0. The number of amides is 1. The minimum absolute atomic E-state index is 0.0977. The van der Waals surface area contributed by atoms with Crippen molar-refractivity contribution < 1.29 is 24.3 Å². The molecule has 1 aliphatic heterocycles. The monoisotopic (exact) mass is 581 g/mol. The minimum atomic E-state index is -1.01. The number of hydrogen-bond acceptors (Lipinski definition) is 7. The third-order valence-electron chi connectivity index (χ3n) is 7.59. The Morgan fingerprint density at radius 2 is 1.74 bits per heavy atom. The summed E-state index contributed by atoms with van der Waals surface area (Å²) in [7, 11) is 0. The third kappa shape index (κ3) is 6.19. The predicted octanol–water partition coefficient (Wildman–Crippen LogP) is 5.03. The van der Waals surface area contributed by atoms with Crippen LogP contribution in [0.3, 0.4) is 0 Å². The number of ether oxygens (including phenoxy) is 1. The van der Waals surface area contributed by atoms with E-state index in [1.54, 1.807) is 0 Å². The molecule has 2 heterocycles. The average Bonchev–Trinajstić information content (AvgIpc) is 3.39. The van der Waals surface area contributed by atoms with E-state index >= 15 is 0 Å². The first kappa shape index (κ1) is 26.6. The Bertz CT molecular complexity index is 1250. The zero-order chi connectivity index (χ0) is 26.6. The third-order valence-corrected chi connectivity index (χ3v) is 10.4. The molecule has 1 amide bonds. The van der Waals surface area contributed by atoms with Gasteiger partial charge in [0.15, 0.2) is 0 Å². The van der Waals surface area contributed by atoms with E-state index in [4.69, 9.17) is 9.26 Å². The zero-order valence-corrected chi connectivity index (χ0v) is 23.9. The van der Waals surface area contributed by atoms with Crippen LogP contribution >= 0.6 is 0 Å². The number of phenols is 2. The van der Waals surface area contributed by atoms with Gasteiger partial charge in [-0.3, -0.25) is 0 Å². The van der Waals surface area contributed by atoms with E-state index in [1.807, 2.05) is 24.3 Å². The van der Waals surface area contributed by atoms with Crippen LogP contribution in [0.15, 0.2) is 47.0 Å². The Kier molecular flexibility index (Phi) is 8.29. The first-order chi connectivity index (χ1) is 18.4. The van der Waals surface area contributed by atoms with E-state index in [9.17, 15) is 15.0 Å². The van der Waals surface area contributed by atoms with Crippen LogP contribution in [-0.2, 0) is 0 Å². The van der Waals surface area contributed by atoms with Crippen molar-refractivity contribution in [3.05, 3.63) is 48.2 Å². The van der Waals surface area contributed by atoms with Crippen LogP contribution in [0.25, 0.3) is 11.3 Å². The Balaban J connectivity index is 1.26. The Morgan fingerprint density at radius 1 is 1.03 bits per heavy atom. The summed E-state index contributed by atoms with van der Waals surface area (Å²) >= 11 is -1.01. The van der Waals surface area contributed by atoms with Gasteiger partial charge < -0.3 is 4.90 Å². The van der Waals surface area contributed by atoms with Gasteiger partial charge in [-0.1, -0.05) is 19.3 Å². The molecule has 3 aromatic rings. The van der Waals surface area contributed by atoms with E-state index in [0.29, 0.717) is 11.8 Å². The van der Waals surface area contributed by atoms with Gasteiger partial charge in [0.1, 0.15) is 0 Å². The molecule has 9 heteroatoms. The number of nitrogens with one attached hydrogen (secondary N) is 1. The Morgan fingerprint density at radius 3 is 2.42 bits per heavy atom. The van der Waals surface area contributed by atoms with Crippen LogP contribution in [0.4, 0.5) is 0 Å². The summed E-state index contributed by atoms with van der Waals surface area (Å²) in [5, 5.41) is 27.8. The van der Waals surface area contributed by atoms with Gasteiger partial charge in [0.05, 0.1) is 0 Å². The fourth-order valence-electron chi connectivity index (χ4n) is 5.47. The molecule has 202 valence electrons. The fourth-order valence-corrected chi connectivity index (χ4v) is 7.03. The van der Waals surface area contributed by atoms with Gasteiger partial charge >= 0.3 is 154 Å². The van der Waals surface area contributed by atoms with Crippen molar-refractivity contribution in [3.8, 4) is 34.3 Å². The van der Waals surface area contributed by atoms with Gasteiger partial charge in [0, 0.05) is 25.2 Å². The normalized spacial score (nSPS) is 17.6. The van der Waals surface area contributed by atoms with Crippen molar-refractivity contribution in [2.24, 2.45) is 0 Å². The number of phenolic OH excluding ortho intramolecular Hbond substituents is 2. The molecule has 1 aromatic heterocycles. The summed E-state index contributed by atoms with van der Waals surface area (Å²) in [6, 6.07) is 12.7. The Labute approximate surface area is 228 Å². The van der Waals surface area contributed by atoms with Gasteiger partial charge in [0.25, 0.3) is 0 Å². The van der Waals surface area contributed by atoms with E-state index in [2.05, 4.69) is 26.8 Å². The van der Waals surface area contributed by atoms with E-state index in [-0.39, 0.29) is 46.2 Å². The molecule has 2 aromatic carbocycles. The standard InChI is InChI=1S/C29H36AsN3O5/c1-30(2)19-8-10-23(11-9-19)37-26-17-22(34)16-25(35)28(26)27-18-24(32-38-27)29(36)31-20-12-14-33(15-13-20)21-6-4-3-5-7-21/h8-11,16-18,20-21,34-35H,3-7,12-15H2,1-2H3,(H,31,36). The first-order valence-electron chi connectivity index (χ1n) is 13.4. The zero-order valence-electron chi connectivity index (χ0n) is 22.0. The van der Waals surface area contributed by atoms with Crippen LogP contribution in [-0.4, -0.2) is 66.0 Å². The van der Waals surface area contributed by atoms with Crippen molar-refractivity contribution in [1.29, 1.82) is 0 Å². The molecule has 2 fully saturated rings. The average molecular weight is 582 g/mol. The van der Waals surface area contributed by atoms with Crippen LogP contribution in [0.2, 0.25) is 11.4 Å². The van der Waals surface area contributed by atoms with E-state index in [1.165, 1.54) is 54.7 Å². The Hall–Kier alpha value is -2.96. The first-order valence-corrected chi connectivity index (χ1v) is 18.1. The molecule has 5 rings (SSSR count). The summed E-state index contributed by atoms with van der Waals surface area (Å²) in [5.74, 6) is 0.269. The maximum absolute atomic E-state index is 13.0. The second-order valence-electron chi connectivity index (χ2n) is 10.5. The number of aromatic nitrogens is 1. The molecule has 0 spiro atoms. The number of benzene rings is 2. The van der Waals surface area contributed by atoms with Crippen molar-refractivity contribution in [1.82, 2.24) is 15.4 Å². The van der Waals surface area contributed by atoms with E-state index in [0.717, 1.165) is 25.9 Å². The molecule has 0 bridgehead atoms. The van der Waals surface area contributed by atoms with Gasteiger partial charge in [-0.05, 0) is 25.7 Å². The van der Waals surface area contributed by atoms with Crippen molar-refractivity contribution >= 4 is 24.9 Å². The van der Waals surface area contributed by atoms with Crippen LogP contribution < -0.4 is 14.4 Å². The van der Waals surface area contributed by atoms with Crippen molar-refractivity contribution in [3.63, 3.8) is 0 Å². The number of nitrogens with zero attached hydrogens (tertiary/aromatic N) is 2. The molecule has 0 radical (unpaired) electrons. The van der Waals surface area contributed by atoms with Gasteiger partial charge in [-0.2, -0.15) is 0 Å². The van der Waals surface area contributed by atoms with Crippen LogP contribution in [0.1, 0.15) is 55.4 Å². The molecule has 38 heavy (non-hydrogen) atoms. The second-order valence-corrected chi connectivity index (χ2v) is 15.3. The van der Waals surface area contributed by atoms with E-state index < -0.39 is 14.7 Å². The second kappa shape index (κ2) is 11.8. The molecule has 1 saturated carbocycles. The van der Waals surface area contributed by atoms with Crippen LogP contribution in [0, 0.1) is 0 Å². The van der Waals surface area contributed by atoms with Crippen molar-refractivity contribution in [2.45, 2.75) is 68.5 Å². The molecule has 2 aliphatic rings. The molecule has 1 saturated heterocycles. The molecular formula is C29H36AsN3O5. The number of likely N-dealkylation sites (tertiary alicyclic amines) is 1. The SMILES string of the molecule is C[As](C)c1ccc(Oc2cc(O)cc(O)c2-c2cc(C(=O)NC3CCN(C4CCCCC4)CC3)no2)cc1. The van der Waals surface area contributed by atoms with Gasteiger partial charge in [-0.15, -0.1) is 0 Å². The fraction of sp³-hybridized carbons (Fsp3) is 0.448. The molecule has 0 atom stereocenters. The number of carbonyl (C=O) groups is 1. The van der Waals surface area contributed by atoms with Crippen molar-refractivity contribution in [2.75, 3.05) is 13.1 Å². The summed E-state index contributed by atoms with van der Waals surface area (Å²) in [5.41, 5.74) is 4.87. The molecule has 0 unspecified atom stereocenters. The molecular weight excluding hydrogens is 545 g/mol. The molecule has 1 aliphatic carbocycles. The molecule has 3 N–H and O–H groups in total. The summed E-state index contributed by atoms with van der Waals surface area (Å²) in [6.45, 7) is 2.00. The van der Waals surface area contributed by atoms with Gasteiger partial charge in [0.2, 0.25) is 0 Å². The number of carbonyl (C=O) groups excluding carboxylic acids is 1. The summed E-state index contributed by atoms with van der Waals surface area (Å²) in [4.78, 5) is 15.6.